The number of nitrogens with two attached hydrogens (primary N) is 1. The van der Waals surface area contributed by atoms with Gasteiger partial charge in [-0.25, -0.2) is 0 Å². The van der Waals surface area contributed by atoms with Crippen LogP contribution in [0.1, 0.15) is 21.4 Å². The second kappa shape index (κ2) is 4.16. The number of hydrogen-bond acceptors (Lipinski definition) is 3. The van der Waals surface area contributed by atoms with E-state index in [0.717, 1.165) is 0 Å². The first-order valence-corrected chi connectivity index (χ1v) is 5.79. The monoisotopic (exact) mass is 221 g/mol. The van der Waals surface area contributed by atoms with Gasteiger partial charge in [0.15, 0.2) is 0 Å². The molecule has 15 heavy (non-hydrogen) atoms. The summed E-state index contributed by atoms with van der Waals surface area (Å²) in [7, 11) is 0. The molecule has 2 heterocycles. The van der Waals surface area contributed by atoms with Crippen LogP contribution in [0.4, 0.5) is 0 Å². The largest absolute Gasteiger partial charge is 0.328 e. The van der Waals surface area contributed by atoms with Crippen LogP contribution in [0, 0.1) is 13.8 Å². The van der Waals surface area contributed by atoms with E-state index in [-0.39, 0.29) is 6.04 Å². The van der Waals surface area contributed by atoms with E-state index < -0.39 is 0 Å². The van der Waals surface area contributed by atoms with Gasteiger partial charge in [0.2, 0.25) is 0 Å². The van der Waals surface area contributed by atoms with Crippen LogP contribution in [0.5, 0.6) is 0 Å². The molecule has 0 aliphatic carbocycles. The zero-order valence-corrected chi connectivity index (χ0v) is 9.79. The lowest BCUT2D eigenvalue weighted by molar-refractivity contribution is 0.539. The Morgan fingerprint density at radius 3 is 2.73 bits per heavy atom. The van der Waals surface area contributed by atoms with Crippen LogP contribution in [0.25, 0.3) is 0 Å². The molecule has 0 fully saturated rings. The van der Waals surface area contributed by atoms with Crippen molar-refractivity contribution in [3.8, 4) is 0 Å². The highest BCUT2D eigenvalue weighted by Crippen LogP contribution is 2.24. The van der Waals surface area contributed by atoms with E-state index in [1.165, 1.54) is 15.3 Å². The van der Waals surface area contributed by atoms with Crippen LogP contribution in [0.3, 0.4) is 0 Å². The Kier molecular flexibility index (Phi) is 2.88. The van der Waals surface area contributed by atoms with E-state index in [0.29, 0.717) is 6.54 Å². The molecule has 0 saturated heterocycles. The van der Waals surface area contributed by atoms with Crippen LogP contribution in [-0.2, 0) is 0 Å². The van der Waals surface area contributed by atoms with Crippen molar-refractivity contribution in [2.24, 2.45) is 5.73 Å². The molecule has 3 nitrogen and oxygen atoms in total. The summed E-state index contributed by atoms with van der Waals surface area (Å²) in [5, 5.41) is 4.32. The summed E-state index contributed by atoms with van der Waals surface area (Å²) in [5.74, 6) is 0. The van der Waals surface area contributed by atoms with Crippen LogP contribution in [-0.4, -0.2) is 16.3 Å². The maximum Gasteiger partial charge on any atom is 0.0982 e. The average Bonchev–Trinajstić information content (AvgIpc) is 2.78. The van der Waals surface area contributed by atoms with Crippen molar-refractivity contribution in [3.63, 3.8) is 0 Å². The molecule has 2 rings (SSSR count). The molecule has 0 aliphatic heterocycles. The molecule has 80 valence electrons. The Morgan fingerprint density at radius 2 is 2.27 bits per heavy atom. The summed E-state index contributed by atoms with van der Waals surface area (Å²) in [5.41, 5.74) is 6.97. The molecule has 0 bridgehead atoms. The molecule has 2 aromatic rings. The maximum atomic E-state index is 5.80. The zero-order chi connectivity index (χ0) is 10.8. The summed E-state index contributed by atoms with van der Waals surface area (Å²) in [6, 6.07) is 4.44. The minimum absolute atomic E-state index is 0.178. The third kappa shape index (κ3) is 2.11. The molecular weight excluding hydrogens is 206 g/mol. The van der Waals surface area contributed by atoms with Gasteiger partial charge < -0.3 is 5.73 Å². The smallest absolute Gasteiger partial charge is 0.0982 e. The number of rotatable bonds is 3. The summed E-state index contributed by atoms with van der Waals surface area (Å²) in [6.07, 6.45) is 3.90. The van der Waals surface area contributed by atoms with Gasteiger partial charge in [0, 0.05) is 22.5 Å². The van der Waals surface area contributed by atoms with Crippen molar-refractivity contribution in [1.82, 2.24) is 9.78 Å². The lowest BCUT2D eigenvalue weighted by Crippen LogP contribution is -2.19. The second-order valence-corrected chi connectivity index (χ2v) is 5.02. The van der Waals surface area contributed by atoms with Gasteiger partial charge in [-0.3, -0.25) is 4.68 Å². The lowest BCUT2D eigenvalue weighted by Gasteiger charge is -2.13. The third-order valence-corrected chi connectivity index (χ3v) is 3.46. The predicted molar refractivity (Wildman–Crippen MR) is 63.2 cm³/mol. The number of thiophene rings is 1. The molecule has 0 spiro atoms. The lowest BCUT2D eigenvalue weighted by atomic mass is 10.2. The fraction of sp³-hybridized carbons (Fsp3) is 0.364. The molecule has 1 atom stereocenters. The normalized spacial score (nSPS) is 13.0. The molecule has 0 saturated carbocycles. The van der Waals surface area contributed by atoms with E-state index in [1.54, 1.807) is 11.3 Å². The minimum Gasteiger partial charge on any atom is -0.328 e. The van der Waals surface area contributed by atoms with Crippen molar-refractivity contribution < 1.29 is 0 Å². The van der Waals surface area contributed by atoms with E-state index in [2.05, 4.69) is 24.2 Å². The molecule has 2 N–H and O–H groups in total. The van der Waals surface area contributed by atoms with Crippen molar-refractivity contribution in [3.05, 3.63) is 39.8 Å². The summed E-state index contributed by atoms with van der Waals surface area (Å²) < 4.78 is 1.95. The highest BCUT2D eigenvalue weighted by Gasteiger charge is 2.14. The maximum absolute atomic E-state index is 5.80. The molecule has 0 aromatic carbocycles. The Hall–Kier alpha value is -1.13. The Balaban J connectivity index is 2.32. The SMILES string of the molecule is Cc1cnn(C(CN)c2ccc(C)s2)c1. The predicted octanol–water partition coefficient (Wildman–Crippen LogP) is 2.11. The van der Waals surface area contributed by atoms with Gasteiger partial charge in [0.25, 0.3) is 0 Å². The molecule has 2 aromatic heterocycles. The van der Waals surface area contributed by atoms with E-state index in [1.807, 2.05) is 24.0 Å². The fourth-order valence-electron chi connectivity index (χ4n) is 1.59. The zero-order valence-electron chi connectivity index (χ0n) is 8.97. The minimum atomic E-state index is 0.178. The van der Waals surface area contributed by atoms with Crippen LogP contribution in [0.2, 0.25) is 0 Å². The van der Waals surface area contributed by atoms with Gasteiger partial charge in [-0.1, -0.05) is 0 Å². The van der Waals surface area contributed by atoms with Crippen LogP contribution < -0.4 is 5.73 Å². The van der Waals surface area contributed by atoms with Gasteiger partial charge in [0.05, 0.1) is 12.2 Å². The van der Waals surface area contributed by atoms with Gasteiger partial charge in [-0.2, -0.15) is 5.10 Å². The first kappa shape index (κ1) is 10.4. The van der Waals surface area contributed by atoms with Gasteiger partial charge in [-0.15, -0.1) is 11.3 Å². The van der Waals surface area contributed by atoms with Crippen molar-refractivity contribution in [1.29, 1.82) is 0 Å². The molecule has 0 radical (unpaired) electrons. The fourth-order valence-corrected chi connectivity index (χ4v) is 2.57. The average molecular weight is 221 g/mol. The van der Waals surface area contributed by atoms with E-state index in [9.17, 15) is 0 Å². The number of aryl methyl sites for hydroxylation is 2. The molecular formula is C11H15N3S. The highest BCUT2D eigenvalue weighted by atomic mass is 32.1. The van der Waals surface area contributed by atoms with Gasteiger partial charge in [0.1, 0.15) is 0 Å². The standard InChI is InChI=1S/C11H15N3S/c1-8-6-13-14(7-8)10(5-12)11-4-3-9(2)15-11/h3-4,6-7,10H,5,12H2,1-2H3. The van der Waals surface area contributed by atoms with E-state index >= 15 is 0 Å². The number of hydrogen-bond donors (Lipinski definition) is 1. The molecule has 1 unspecified atom stereocenters. The molecule has 4 heteroatoms. The quantitative estimate of drug-likeness (QED) is 0.862. The first-order valence-electron chi connectivity index (χ1n) is 4.98. The van der Waals surface area contributed by atoms with Crippen LogP contribution in [0.15, 0.2) is 24.5 Å². The van der Waals surface area contributed by atoms with Crippen LogP contribution >= 0.6 is 11.3 Å². The summed E-state index contributed by atoms with van der Waals surface area (Å²) >= 11 is 1.78. The molecule has 0 amide bonds. The second-order valence-electron chi connectivity index (χ2n) is 3.70. The van der Waals surface area contributed by atoms with Crippen molar-refractivity contribution >= 4 is 11.3 Å². The van der Waals surface area contributed by atoms with E-state index in [4.69, 9.17) is 5.73 Å². The Bertz CT molecular complexity index is 404. The Morgan fingerprint density at radius 1 is 1.47 bits per heavy atom. The third-order valence-electron chi connectivity index (χ3n) is 2.36. The first-order chi connectivity index (χ1) is 7.20. The van der Waals surface area contributed by atoms with Crippen molar-refractivity contribution in [2.75, 3.05) is 6.54 Å². The summed E-state index contributed by atoms with van der Waals surface area (Å²) in [4.78, 5) is 2.59. The highest BCUT2D eigenvalue weighted by molar-refractivity contribution is 7.12. The Labute approximate surface area is 93.5 Å². The van der Waals surface area contributed by atoms with Gasteiger partial charge in [-0.05, 0) is 31.5 Å². The van der Waals surface area contributed by atoms with Gasteiger partial charge >= 0.3 is 0 Å². The number of aromatic nitrogens is 2. The molecule has 0 aliphatic rings. The summed E-state index contributed by atoms with van der Waals surface area (Å²) in [6.45, 7) is 4.73. The van der Waals surface area contributed by atoms with Crippen molar-refractivity contribution in [2.45, 2.75) is 19.9 Å². The number of nitrogens with zero attached hydrogens (tertiary/aromatic N) is 2. The topological polar surface area (TPSA) is 43.8 Å².